The van der Waals surface area contributed by atoms with Crippen molar-refractivity contribution in [3.05, 3.63) is 0 Å². The molecule has 1 saturated heterocycles. The first-order chi connectivity index (χ1) is 8.53. The van der Waals surface area contributed by atoms with Crippen LogP contribution in [-0.2, 0) is 0 Å². The van der Waals surface area contributed by atoms with Gasteiger partial charge in [0.05, 0.1) is 0 Å². The van der Waals surface area contributed by atoms with Gasteiger partial charge < -0.3 is 10.2 Å². The molecule has 1 unspecified atom stereocenters. The van der Waals surface area contributed by atoms with E-state index in [1.807, 2.05) is 0 Å². The van der Waals surface area contributed by atoms with E-state index in [1.165, 1.54) is 25.7 Å². The smallest absolute Gasteiger partial charge is 0.310 e. The van der Waals surface area contributed by atoms with E-state index in [2.05, 4.69) is 10.2 Å². The van der Waals surface area contributed by atoms with Gasteiger partial charge in [-0.3, -0.25) is 0 Å². The van der Waals surface area contributed by atoms with Gasteiger partial charge in [0, 0.05) is 25.0 Å². The molecule has 1 aliphatic heterocycles. The van der Waals surface area contributed by atoms with E-state index in [9.17, 15) is 13.2 Å². The number of alkyl halides is 3. The van der Waals surface area contributed by atoms with E-state index in [0.29, 0.717) is 12.5 Å². The number of unbranched alkanes of at least 4 members (excludes halogenated alkanes) is 1. The summed E-state index contributed by atoms with van der Waals surface area (Å²) in [6.07, 6.45) is 1.28. The molecule has 1 atom stereocenters. The summed E-state index contributed by atoms with van der Waals surface area (Å²) in [4.78, 5) is 2.32. The molecule has 2 nitrogen and oxygen atoms in total. The summed E-state index contributed by atoms with van der Waals surface area (Å²) < 4.78 is 36.0. The number of nitrogens with zero attached hydrogens (tertiary/aromatic N) is 1. The van der Waals surface area contributed by atoms with E-state index in [-0.39, 0.29) is 6.42 Å². The number of nitrogens with one attached hydrogen (secondary N) is 1. The molecule has 0 aromatic heterocycles. The van der Waals surface area contributed by atoms with Gasteiger partial charge in [-0.2, -0.15) is 13.2 Å². The fraction of sp³-hybridized carbons (Fsp3) is 1.00. The second kappa shape index (κ2) is 6.24. The molecule has 5 heteroatoms. The van der Waals surface area contributed by atoms with Crippen molar-refractivity contribution >= 4 is 0 Å². The lowest BCUT2D eigenvalue weighted by atomic mass is 10.0. The summed E-state index contributed by atoms with van der Waals surface area (Å²) in [5.41, 5.74) is 0. The van der Waals surface area contributed by atoms with Gasteiger partial charge in [0.2, 0.25) is 0 Å². The minimum absolute atomic E-state index is 0.265. The van der Waals surface area contributed by atoms with Gasteiger partial charge in [-0.15, -0.1) is 0 Å². The van der Waals surface area contributed by atoms with Crippen molar-refractivity contribution in [1.82, 2.24) is 10.2 Å². The second-order valence-electron chi connectivity index (χ2n) is 5.65. The summed E-state index contributed by atoms with van der Waals surface area (Å²) in [6, 6.07) is 1.29. The minimum atomic E-state index is -3.99. The Balaban J connectivity index is 1.57. The molecule has 2 aliphatic rings. The largest absolute Gasteiger partial charge is 0.389 e. The third-order valence-corrected chi connectivity index (χ3v) is 3.74. The maximum absolute atomic E-state index is 12.0. The van der Waals surface area contributed by atoms with Crippen molar-refractivity contribution in [2.75, 3.05) is 19.6 Å². The molecule has 0 aromatic rings. The van der Waals surface area contributed by atoms with E-state index in [1.54, 1.807) is 0 Å². The zero-order chi connectivity index (χ0) is 13.0. The summed E-state index contributed by atoms with van der Waals surface area (Å²) in [5, 5.41) is 3.62. The van der Waals surface area contributed by atoms with Crippen LogP contribution in [0.5, 0.6) is 0 Å². The van der Waals surface area contributed by atoms with Crippen LogP contribution in [0.4, 0.5) is 13.2 Å². The quantitative estimate of drug-likeness (QED) is 0.742. The highest BCUT2D eigenvalue weighted by molar-refractivity contribution is 4.87. The highest BCUT2D eigenvalue weighted by Gasteiger charge is 2.28. The summed E-state index contributed by atoms with van der Waals surface area (Å²) in [5.74, 6) is 0. The van der Waals surface area contributed by atoms with E-state index in [4.69, 9.17) is 0 Å². The summed E-state index contributed by atoms with van der Waals surface area (Å²) in [7, 11) is 0. The number of hydrogen-bond acceptors (Lipinski definition) is 2. The lowest BCUT2D eigenvalue weighted by Crippen LogP contribution is -2.46. The third-order valence-electron chi connectivity index (χ3n) is 3.74. The SMILES string of the molecule is FC(F)(F)CCCCN1CCCC(NC2CC2)C1. The monoisotopic (exact) mass is 264 g/mol. The maximum Gasteiger partial charge on any atom is 0.389 e. The van der Waals surface area contributed by atoms with Crippen LogP contribution in [0, 0.1) is 0 Å². The van der Waals surface area contributed by atoms with Crippen LogP contribution < -0.4 is 5.32 Å². The van der Waals surface area contributed by atoms with Gasteiger partial charge in [-0.25, -0.2) is 0 Å². The predicted molar refractivity (Wildman–Crippen MR) is 65.5 cm³/mol. The zero-order valence-corrected chi connectivity index (χ0v) is 10.8. The first-order valence-electron chi connectivity index (χ1n) is 7.08. The highest BCUT2D eigenvalue weighted by Crippen LogP contribution is 2.23. The Kier molecular flexibility index (Phi) is 4.90. The number of halogens is 3. The Morgan fingerprint density at radius 2 is 1.83 bits per heavy atom. The summed E-state index contributed by atoms with van der Waals surface area (Å²) >= 11 is 0. The molecule has 1 saturated carbocycles. The van der Waals surface area contributed by atoms with Crippen molar-refractivity contribution in [3.8, 4) is 0 Å². The first kappa shape index (κ1) is 14.1. The maximum atomic E-state index is 12.0. The molecule has 1 heterocycles. The molecular formula is C13H23F3N2. The lowest BCUT2D eigenvalue weighted by Gasteiger charge is -2.33. The van der Waals surface area contributed by atoms with Gasteiger partial charge in [0.25, 0.3) is 0 Å². The van der Waals surface area contributed by atoms with Crippen molar-refractivity contribution < 1.29 is 13.2 Å². The van der Waals surface area contributed by atoms with Crippen LogP contribution in [0.25, 0.3) is 0 Å². The Morgan fingerprint density at radius 1 is 1.06 bits per heavy atom. The van der Waals surface area contributed by atoms with Crippen LogP contribution in [0.3, 0.4) is 0 Å². The average Bonchev–Trinajstić information content (AvgIpc) is 3.08. The van der Waals surface area contributed by atoms with Gasteiger partial charge in [-0.1, -0.05) is 0 Å². The standard InChI is InChI=1S/C13H23F3N2/c14-13(15,16)7-1-2-8-18-9-3-4-12(10-18)17-11-5-6-11/h11-12,17H,1-10H2. The fourth-order valence-corrected chi connectivity index (χ4v) is 2.64. The molecule has 0 bridgehead atoms. The average molecular weight is 264 g/mol. The van der Waals surface area contributed by atoms with Crippen LogP contribution in [0.2, 0.25) is 0 Å². The molecule has 1 N–H and O–H groups in total. The van der Waals surface area contributed by atoms with Crippen molar-refractivity contribution in [1.29, 1.82) is 0 Å². The molecule has 2 fully saturated rings. The molecule has 1 aliphatic carbocycles. The molecule has 18 heavy (non-hydrogen) atoms. The third kappa shape index (κ3) is 5.57. The van der Waals surface area contributed by atoms with Crippen LogP contribution in [-0.4, -0.2) is 42.8 Å². The molecule has 2 rings (SSSR count). The second-order valence-corrected chi connectivity index (χ2v) is 5.65. The Morgan fingerprint density at radius 3 is 2.50 bits per heavy atom. The number of piperidine rings is 1. The van der Waals surface area contributed by atoms with Gasteiger partial charge in [-0.05, 0) is 51.6 Å². The molecule has 106 valence electrons. The van der Waals surface area contributed by atoms with E-state index in [0.717, 1.165) is 25.7 Å². The Labute approximate surface area is 107 Å². The number of likely N-dealkylation sites (tertiary alicyclic amines) is 1. The first-order valence-corrected chi connectivity index (χ1v) is 7.08. The van der Waals surface area contributed by atoms with Crippen LogP contribution in [0.15, 0.2) is 0 Å². The zero-order valence-electron chi connectivity index (χ0n) is 10.8. The molecule has 0 radical (unpaired) electrons. The van der Waals surface area contributed by atoms with E-state index < -0.39 is 12.6 Å². The predicted octanol–water partition coefficient (Wildman–Crippen LogP) is 2.94. The number of rotatable bonds is 6. The van der Waals surface area contributed by atoms with Crippen molar-refractivity contribution in [2.45, 2.75) is 63.2 Å². The minimum Gasteiger partial charge on any atom is -0.310 e. The van der Waals surface area contributed by atoms with Crippen molar-refractivity contribution in [3.63, 3.8) is 0 Å². The van der Waals surface area contributed by atoms with Crippen LogP contribution in [0.1, 0.15) is 44.9 Å². The van der Waals surface area contributed by atoms with Gasteiger partial charge >= 0.3 is 6.18 Å². The van der Waals surface area contributed by atoms with Gasteiger partial charge in [0.1, 0.15) is 0 Å². The normalized spacial score (nSPS) is 26.5. The van der Waals surface area contributed by atoms with Gasteiger partial charge in [0.15, 0.2) is 0 Å². The van der Waals surface area contributed by atoms with E-state index >= 15 is 0 Å². The summed E-state index contributed by atoms with van der Waals surface area (Å²) in [6.45, 7) is 2.89. The molecule has 0 amide bonds. The molecular weight excluding hydrogens is 241 g/mol. The highest BCUT2D eigenvalue weighted by atomic mass is 19.4. The Hall–Kier alpha value is -0.290. The molecule has 0 aromatic carbocycles. The topological polar surface area (TPSA) is 15.3 Å². The van der Waals surface area contributed by atoms with Crippen molar-refractivity contribution in [2.24, 2.45) is 0 Å². The Bertz CT molecular complexity index is 251. The lowest BCUT2D eigenvalue weighted by molar-refractivity contribution is -0.135. The van der Waals surface area contributed by atoms with Crippen LogP contribution >= 0.6 is 0 Å². The molecule has 0 spiro atoms. The fourth-order valence-electron chi connectivity index (χ4n) is 2.64. The number of hydrogen-bond donors (Lipinski definition) is 1.